The van der Waals surface area contributed by atoms with Crippen molar-refractivity contribution in [2.45, 2.75) is 12.8 Å². The fraction of sp³-hybridized carbons (Fsp3) is 0.158. The lowest BCUT2D eigenvalue weighted by Crippen LogP contribution is -2.41. The first-order chi connectivity index (χ1) is 12.5. The monoisotopic (exact) mass is 376 g/mol. The number of hydrogen-bond donors (Lipinski definition) is 2. The number of halogens is 2. The van der Waals surface area contributed by atoms with Gasteiger partial charge < -0.3 is 4.74 Å². The summed E-state index contributed by atoms with van der Waals surface area (Å²) in [6.07, 6.45) is 1.79. The molecule has 2 aromatic rings. The summed E-state index contributed by atoms with van der Waals surface area (Å²) >= 11 is 5.85. The van der Waals surface area contributed by atoms with Gasteiger partial charge in [-0.3, -0.25) is 10.2 Å². The zero-order valence-electron chi connectivity index (χ0n) is 14.0. The Labute approximate surface area is 155 Å². The Bertz CT molecular complexity index is 797. The summed E-state index contributed by atoms with van der Waals surface area (Å²) in [5, 5.41) is 0.177. The lowest BCUT2D eigenvalue weighted by molar-refractivity contribution is -0.117. The highest BCUT2D eigenvalue weighted by atomic mass is 35.5. The van der Waals surface area contributed by atoms with E-state index in [2.05, 4.69) is 10.9 Å². The molecule has 26 heavy (non-hydrogen) atoms. The smallest absolute Gasteiger partial charge is 0.426 e. The first kappa shape index (κ1) is 19.5. The van der Waals surface area contributed by atoms with E-state index in [0.717, 1.165) is 17.7 Å². The molecule has 2 aromatic carbocycles. The Kier molecular flexibility index (Phi) is 7.17. The summed E-state index contributed by atoms with van der Waals surface area (Å²) in [4.78, 5) is 23.3. The van der Waals surface area contributed by atoms with Gasteiger partial charge in [0.2, 0.25) is 0 Å². The SMILES string of the molecule is CC(COC(=O)NNC(=O)/C=C/c1ccc(F)cc1Cl)c1ccccc1. The molecule has 0 saturated carbocycles. The molecule has 0 aliphatic carbocycles. The first-order valence-corrected chi connectivity index (χ1v) is 8.24. The Hall–Kier alpha value is -2.86. The molecule has 0 saturated heterocycles. The first-order valence-electron chi connectivity index (χ1n) is 7.86. The summed E-state index contributed by atoms with van der Waals surface area (Å²) in [5.74, 6) is -1.03. The molecule has 2 amide bonds. The van der Waals surface area contributed by atoms with Gasteiger partial charge in [0.05, 0.1) is 11.6 Å². The number of amides is 2. The van der Waals surface area contributed by atoms with Crippen LogP contribution in [0.5, 0.6) is 0 Å². The molecule has 0 spiro atoms. The maximum Gasteiger partial charge on any atom is 0.426 e. The molecule has 0 fully saturated rings. The van der Waals surface area contributed by atoms with Crippen LogP contribution in [0.1, 0.15) is 24.0 Å². The molecule has 2 N–H and O–H groups in total. The van der Waals surface area contributed by atoms with Crippen molar-refractivity contribution in [2.24, 2.45) is 0 Å². The van der Waals surface area contributed by atoms with Crippen LogP contribution in [0.2, 0.25) is 5.02 Å². The normalized spacial score (nSPS) is 11.8. The highest BCUT2D eigenvalue weighted by molar-refractivity contribution is 6.32. The Morgan fingerprint density at radius 1 is 1.19 bits per heavy atom. The molecule has 0 aromatic heterocycles. The van der Waals surface area contributed by atoms with E-state index in [4.69, 9.17) is 16.3 Å². The summed E-state index contributed by atoms with van der Waals surface area (Å²) in [6, 6.07) is 13.4. The van der Waals surface area contributed by atoms with E-state index >= 15 is 0 Å². The second-order valence-electron chi connectivity index (χ2n) is 5.52. The average molecular weight is 377 g/mol. The van der Waals surface area contributed by atoms with Crippen molar-refractivity contribution in [2.75, 3.05) is 6.61 Å². The maximum absolute atomic E-state index is 12.9. The van der Waals surface area contributed by atoms with Gasteiger partial charge in [-0.05, 0) is 29.3 Å². The van der Waals surface area contributed by atoms with E-state index in [1.54, 1.807) is 0 Å². The van der Waals surface area contributed by atoms with Crippen LogP contribution >= 0.6 is 11.6 Å². The number of rotatable bonds is 5. The molecule has 0 aliphatic heterocycles. The van der Waals surface area contributed by atoms with E-state index in [-0.39, 0.29) is 17.5 Å². The standard InChI is InChI=1S/C19H18ClFN2O3/c1-13(14-5-3-2-4-6-14)12-26-19(25)23-22-18(24)10-8-15-7-9-16(21)11-17(15)20/h2-11,13H,12H2,1H3,(H,22,24)(H,23,25)/b10-8+. The van der Waals surface area contributed by atoms with Crippen molar-refractivity contribution in [3.05, 3.63) is 76.6 Å². The third-order valence-electron chi connectivity index (χ3n) is 3.50. The number of carbonyl (C=O) groups is 2. The number of hydrogen-bond acceptors (Lipinski definition) is 3. The second kappa shape index (κ2) is 9.58. The highest BCUT2D eigenvalue weighted by Gasteiger charge is 2.09. The molecule has 1 atom stereocenters. The van der Waals surface area contributed by atoms with Crippen LogP contribution in [-0.4, -0.2) is 18.6 Å². The molecule has 7 heteroatoms. The largest absolute Gasteiger partial charge is 0.448 e. The minimum atomic E-state index is -0.769. The van der Waals surface area contributed by atoms with Gasteiger partial charge in [-0.25, -0.2) is 14.6 Å². The Morgan fingerprint density at radius 2 is 1.92 bits per heavy atom. The van der Waals surface area contributed by atoms with Crippen molar-refractivity contribution in [1.29, 1.82) is 0 Å². The third kappa shape index (κ3) is 6.22. The van der Waals surface area contributed by atoms with Crippen LogP contribution in [-0.2, 0) is 9.53 Å². The number of ether oxygens (including phenoxy) is 1. The molecule has 2 rings (SSSR count). The number of nitrogens with one attached hydrogen (secondary N) is 2. The second-order valence-corrected chi connectivity index (χ2v) is 5.93. The van der Waals surface area contributed by atoms with E-state index in [0.29, 0.717) is 5.56 Å². The molecule has 0 radical (unpaired) electrons. The molecular formula is C19H18ClFN2O3. The van der Waals surface area contributed by atoms with Gasteiger partial charge in [0.15, 0.2) is 0 Å². The van der Waals surface area contributed by atoms with Crippen LogP contribution in [0.25, 0.3) is 6.08 Å². The fourth-order valence-corrected chi connectivity index (χ4v) is 2.30. The van der Waals surface area contributed by atoms with Gasteiger partial charge in [-0.1, -0.05) is 54.9 Å². The highest BCUT2D eigenvalue weighted by Crippen LogP contribution is 2.18. The van der Waals surface area contributed by atoms with Crippen LogP contribution in [0.3, 0.4) is 0 Å². The summed E-state index contributed by atoms with van der Waals surface area (Å²) < 4.78 is 18.0. The lowest BCUT2D eigenvalue weighted by Gasteiger charge is -2.13. The van der Waals surface area contributed by atoms with Crippen molar-refractivity contribution in [3.63, 3.8) is 0 Å². The van der Waals surface area contributed by atoms with Gasteiger partial charge in [-0.15, -0.1) is 0 Å². The average Bonchev–Trinajstić information content (AvgIpc) is 2.64. The zero-order chi connectivity index (χ0) is 18.9. The van der Waals surface area contributed by atoms with Gasteiger partial charge in [0.25, 0.3) is 5.91 Å². The summed E-state index contributed by atoms with van der Waals surface area (Å²) in [7, 11) is 0. The topological polar surface area (TPSA) is 67.4 Å². The molecule has 136 valence electrons. The van der Waals surface area contributed by atoms with Crippen LogP contribution in [0.4, 0.5) is 9.18 Å². The van der Waals surface area contributed by atoms with E-state index in [1.807, 2.05) is 37.3 Å². The maximum atomic E-state index is 12.9. The number of hydrazine groups is 1. The van der Waals surface area contributed by atoms with Gasteiger partial charge in [0, 0.05) is 12.0 Å². The minimum Gasteiger partial charge on any atom is -0.448 e. The predicted octanol–water partition coefficient (Wildman–Crippen LogP) is 4.05. The quantitative estimate of drug-likeness (QED) is 0.611. The number of benzene rings is 2. The van der Waals surface area contributed by atoms with E-state index < -0.39 is 17.8 Å². The summed E-state index contributed by atoms with van der Waals surface area (Å²) in [6.45, 7) is 2.10. The molecular weight excluding hydrogens is 359 g/mol. The molecule has 0 bridgehead atoms. The molecule has 0 heterocycles. The zero-order valence-corrected chi connectivity index (χ0v) is 14.8. The van der Waals surface area contributed by atoms with Crippen molar-refractivity contribution >= 4 is 29.7 Å². The third-order valence-corrected chi connectivity index (χ3v) is 3.82. The lowest BCUT2D eigenvalue weighted by atomic mass is 10.0. The molecule has 1 unspecified atom stereocenters. The Balaban J connectivity index is 1.74. The number of carbonyl (C=O) groups excluding carboxylic acids is 2. The van der Waals surface area contributed by atoms with Crippen LogP contribution in [0, 0.1) is 5.82 Å². The van der Waals surface area contributed by atoms with E-state index in [1.165, 1.54) is 18.2 Å². The van der Waals surface area contributed by atoms with Crippen molar-refractivity contribution in [3.8, 4) is 0 Å². The fourth-order valence-electron chi connectivity index (χ4n) is 2.07. The van der Waals surface area contributed by atoms with Gasteiger partial charge >= 0.3 is 6.09 Å². The van der Waals surface area contributed by atoms with Crippen molar-refractivity contribution < 1.29 is 18.7 Å². The predicted molar refractivity (Wildman–Crippen MR) is 97.9 cm³/mol. The minimum absolute atomic E-state index is 0.0261. The molecule has 0 aliphatic rings. The van der Waals surface area contributed by atoms with Gasteiger partial charge in [-0.2, -0.15) is 0 Å². The van der Waals surface area contributed by atoms with E-state index in [9.17, 15) is 14.0 Å². The Morgan fingerprint density at radius 3 is 2.62 bits per heavy atom. The van der Waals surface area contributed by atoms with Crippen LogP contribution in [0.15, 0.2) is 54.6 Å². The van der Waals surface area contributed by atoms with Gasteiger partial charge in [0.1, 0.15) is 5.82 Å². The van der Waals surface area contributed by atoms with Crippen molar-refractivity contribution in [1.82, 2.24) is 10.9 Å². The molecule has 5 nitrogen and oxygen atoms in total. The van der Waals surface area contributed by atoms with Crippen LogP contribution < -0.4 is 10.9 Å². The summed E-state index contributed by atoms with van der Waals surface area (Å²) in [5.41, 5.74) is 5.84.